The summed E-state index contributed by atoms with van der Waals surface area (Å²) < 4.78 is 27.8. The second kappa shape index (κ2) is 8.83. The number of nitrogens with zero attached hydrogens (tertiary/aromatic N) is 3. The second-order valence-corrected chi connectivity index (χ2v) is 10.3. The van der Waals surface area contributed by atoms with Crippen LogP contribution in [0.4, 0.5) is 0 Å². The summed E-state index contributed by atoms with van der Waals surface area (Å²) >= 11 is 4.95. The Balaban J connectivity index is 1.52. The third-order valence-corrected chi connectivity index (χ3v) is 7.84. The highest BCUT2D eigenvalue weighted by Gasteiger charge is 2.29. The van der Waals surface area contributed by atoms with Crippen LogP contribution in [0, 0.1) is 0 Å². The molecule has 1 fully saturated rings. The lowest BCUT2D eigenvalue weighted by atomic mass is 10.3. The Kier molecular flexibility index (Phi) is 6.69. The van der Waals surface area contributed by atoms with Gasteiger partial charge in [-0.3, -0.25) is 9.69 Å². The van der Waals surface area contributed by atoms with Gasteiger partial charge in [0.15, 0.2) is 0 Å². The predicted molar refractivity (Wildman–Crippen MR) is 110 cm³/mol. The van der Waals surface area contributed by atoms with E-state index >= 15 is 0 Å². The van der Waals surface area contributed by atoms with Crippen LogP contribution in [0.2, 0.25) is 0 Å². The summed E-state index contributed by atoms with van der Waals surface area (Å²) in [4.78, 5) is 17.6. The molecule has 1 aliphatic heterocycles. The fourth-order valence-electron chi connectivity index (χ4n) is 2.92. The van der Waals surface area contributed by atoms with Crippen molar-refractivity contribution in [1.82, 2.24) is 14.1 Å². The highest BCUT2D eigenvalue weighted by molar-refractivity contribution is 9.10. The molecular formula is C18H22BrN3O3S2. The molecule has 0 N–H and O–H groups in total. The molecule has 1 amide bonds. The molecule has 1 aromatic heterocycles. The molecule has 9 heteroatoms. The number of sulfonamides is 1. The van der Waals surface area contributed by atoms with Gasteiger partial charge in [0, 0.05) is 42.6 Å². The van der Waals surface area contributed by atoms with Gasteiger partial charge in [-0.2, -0.15) is 4.31 Å². The molecular weight excluding hydrogens is 450 g/mol. The Hall–Kier alpha value is -1.26. The van der Waals surface area contributed by atoms with Crippen LogP contribution in [0.3, 0.4) is 0 Å². The van der Waals surface area contributed by atoms with Crippen molar-refractivity contribution in [3.8, 4) is 0 Å². The summed E-state index contributed by atoms with van der Waals surface area (Å²) in [5, 5.41) is 2.00. The minimum Gasteiger partial charge on any atom is -0.340 e. The zero-order valence-corrected chi connectivity index (χ0v) is 18.3. The second-order valence-electron chi connectivity index (χ2n) is 6.46. The van der Waals surface area contributed by atoms with Gasteiger partial charge in [-0.1, -0.05) is 22.0 Å². The molecule has 6 nitrogen and oxygen atoms in total. The van der Waals surface area contributed by atoms with E-state index in [9.17, 15) is 13.2 Å². The Labute approximate surface area is 172 Å². The molecule has 146 valence electrons. The molecule has 27 heavy (non-hydrogen) atoms. The van der Waals surface area contributed by atoms with E-state index in [0.717, 1.165) is 9.35 Å². The van der Waals surface area contributed by atoms with E-state index in [1.807, 2.05) is 22.4 Å². The van der Waals surface area contributed by atoms with E-state index in [2.05, 4.69) is 15.9 Å². The maximum atomic E-state index is 12.7. The van der Waals surface area contributed by atoms with Crippen LogP contribution >= 0.6 is 27.3 Å². The first-order valence-corrected chi connectivity index (χ1v) is 11.7. The summed E-state index contributed by atoms with van der Waals surface area (Å²) in [7, 11) is -1.69. The van der Waals surface area contributed by atoms with Crippen LogP contribution < -0.4 is 0 Å². The normalized spacial score (nSPS) is 16.4. The zero-order valence-electron chi connectivity index (χ0n) is 15.0. The first-order valence-electron chi connectivity index (χ1n) is 8.60. The lowest BCUT2D eigenvalue weighted by molar-refractivity contribution is -0.131. The van der Waals surface area contributed by atoms with E-state index in [-0.39, 0.29) is 5.91 Å². The van der Waals surface area contributed by atoms with E-state index in [4.69, 9.17) is 0 Å². The number of piperazine rings is 1. The van der Waals surface area contributed by atoms with Crippen molar-refractivity contribution >= 4 is 43.2 Å². The van der Waals surface area contributed by atoms with Crippen molar-refractivity contribution in [1.29, 1.82) is 0 Å². The van der Waals surface area contributed by atoms with Gasteiger partial charge in [0.25, 0.3) is 0 Å². The fourth-order valence-corrected chi connectivity index (χ4v) is 5.36. The molecule has 2 aromatic rings. The number of likely N-dealkylation sites (N-methyl/N-ethyl adjacent to an activating group) is 1. The number of rotatable bonds is 6. The van der Waals surface area contributed by atoms with Crippen LogP contribution in [0.1, 0.15) is 4.88 Å². The van der Waals surface area contributed by atoms with Crippen molar-refractivity contribution in [2.45, 2.75) is 11.4 Å². The molecule has 1 saturated heterocycles. The van der Waals surface area contributed by atoms with E-state index < -0.39 is 10.0 Å². The van der Waals surface area contributed by atoms with Gasteiger partial charge in [0.05, 0.1) is 18.0 Å². The molecule has 0 saturated carbocycles. The lowest BCUT2D eigenvalue weighted by Crippen LogP contribution is -2.51. The Bertz CT molecular complexity index is 862. The van der Waals surface area contributed by atoms with Crippen molar-refractivity contribution < 1.29 is 13.2 Å². The SMILES string of the molecule is CN(Cc1cccs1)C(=O)CN1CCN(S(=O)(=O)c2ccc(Br)cc2)CC1. The van der Waals surface area contributed by atoms with Gasteiger partial charge in [0.1, 0.15) is 0 Å². The summed E-state index contributed by atoms with van der Waals surface area (Å²) in [6.45, 7) is 2.80. The first-order chi connectivity index (χ1) is 12.9. The molecule has 0 unspecified atom stereocenters. The predicted octanol–water partition coefficient (Wildman–Crippen LogP) is 2.48. The standard InChI is InChI=1S/C18H22BrN3O3S2/c1-20(13-16-3-2-12-26-16)18(23)14-21-8-10-22(11-9-21)27(24,25)17-6-4-15(19)5-7-17/h2-7,12H,8-11,13-14H2,1H3. The van der Waals surface area contributed by atoms with Crippen LogP contribution in [0.25, 0.3) is 0 Å². The molecule has 0 radical (unpaired) electrons. The van der Waals surface area contributed by atoms with Gasteiger partial charge in [-0.05, 0) is 35.7 Å². The van der Waals surface area contributed by atoms with Gasteiger partial charge in [0.2, 0.25) is 15.9 Å². The Morgan fingerprint density at radius 1 is 1.15 bits per heavy atom. The molecule has 0 atom stereocenters. The molecule has 1 aromatic carbocycles. The van der Waals surface area contributed by atoms with Crippen LogP contribution in [-0.4, -0.2) is 68.2 Å². The number of halogens is 1. The van der Waals surface area contributed by atoms with Gasteiger partial charge in [-0.15, -0.1) is 11.3 Å². The highest BCUT2D eigenvalue weighted by Crippen LogP contribution is 2.20. The maximum absolute atomic E-state index is 12.7. The molecule has 2 heterocycles. The monoisotopic (exact) mass is 471 g/mol. The van der Waals surface area contributed by atoms with Crippen LogP contribution in [-0.2, 0) is 21.4 Å². The Morgan fingerprint density at radius 2 is 1.81 bits per heavy atom. The Morgan fingerprint density at radius 3 is 2.41 bits per heavy atom. The van der Waals surface area contributed by atoms with Gasteiger partial charge < -0.3 is 4.90 Å². The molecule has 0 spiro atoms. The quantitative estimate of drug-likeness (QED) is 0.648. The number of thiophene rings is 1. The average molecular weight is 472 g/mol. The highest BCUT2D eigenvalue weighted by atomic mass is 79.9. The van der Waals surface area contributed by atoms with E-state index in [1.165, 1.54) is 4.31 Å². The summed E-state index contributed by atoms with van der Waals surface area (Å²) in [6.07, 6.45) is 0. The average Bonchev–Trinajstić information content (AvgIpc) is 3.15. The minimum absolute atomic E-state index is 0.0487. The molecule has 0 aliphatic carbocycles. The van der Waals surface area contributed by atoms with Crippen molar-refractivity contribution in [2.24, 2.45) is 0 Å². The lowest BCUT2D eigenvalue weighted by Gasteiger charge is -2.34. The zero-order chi connectivity index (χ0) is 19.4. The molecule has 1 aliphatic rings. The third kappa shape index (κ3) is 5.17. The molecule has 3 rings (SSSR count). The third-order valence-electron chi connectivity index (χ3n) is 4.54. The summed E-state index contributed by atoms with van der Waals surface area (Å²) in [5.74, 6) is 0.0487. The van der Waals surface area contributed by atoms with E-state index in [1.54, 1.807) is 47.5 Å². The van der Waals surface area contributed by atoms with E-state index in [0.29, 0.717) is 44.2 Å². The van der Waals surface area contributed by atoms with Crippen LogP contribution in [0.5, 0.6) is 0 Å². The topological polar surface area (TPSA) is 60.9 Å². The number of amides is 1. The van der Waals surface area contributed by atoms with Gasteiger partial charge >= 0.3 is 0 Å². The maximum Gasteiger partial charge on any atom is 0.243 e. The van der Waals surface area contributed by atoms with Gasteiger partial charge in [-0.25, -0.2) is 8.42 Å². The summed E-state index contributed by atoms with van der Waals surface area (Å²) in [6, 6.07) is 10.7. The minimum atomic E-state index is -3.49. The summed E-state index contributed by atoms with van der Waals surface area (Å²) in [5.41, 5.74) is 0. The largest absolute Gasteiger partial charge is 0.340 e. The number of hydrogen-bond acceptors (Lipinski definition) is 5. The first kappa shape index (κ1) is 20.5. The van der Waals surface area contributed by atoms with Crippen LogP contribution in [0.15, 0.2) is 51.1 Å². The smallest absolute Gasteiger partial charge is 0.243 e. The number of benzene rings is 1. The number of carbonyl (C=O) groups is 1. The number of carbonyl (C=O) groups excluding carboxylic acids is 1. The molecule has 0 bridgehead atoms. The van der Waals surface area contributed by atoms with Crippen molar-refractivity contribution in [3.05, 3.63) is 51.1 Å². The number of hydrogen-bond donors (Lipinski definition) is 0. The fraction of sp³-hybridized carbons (Fsp3) is 0.389. The van der Waals surface area contributed by atoms with Crippen molar-refractivity contribution in [3.63, 3.8) is 0 Å². The van der Waals surface area contributed by atoms with Crippen molar-refractivity contribution in [2.75, 3.05) is 39.8 Å².